The van der Waals surface area contributed by atoms with Crippen LogP contribution >= 0.6 is 0 Å². The van der Waals surface area contributed by atoms with Gasteiger partial charge in [-0.05, 0) is 24.8 Å². The van der Waals surface area contributed by atoms with Crippen LogP contribution in [0.25, 0.3) is 0 Å². The van der Waals surface area contributed by atoms with Crippen LogP contribution in [0.5, 0.6) is 0 Å². The fourth-order valence-corrected chi connectivity index (χ4v) is 4.70. The number of aryl methyl sites for hydroxylation is 1. The van der Waals surface area contributed by atoms with Crippen molar-refractivity contribution < 1.29 is 9.53 Å². The van der Waals surface area contributed by atoms with Crippen molar-refractivity contribution in [2.24, 2.45) is 13.0 Å². The van der Waals surface area contributed by atoms with Gasteiger partial charge in [0.05, 0.1) is 25.3 Å². The number of carbonyl (C=O) groups excluding carboxylic acids is 1. The maximum atomic E-state index is 13.5. The average molecular weight is 361 g/mol. The summed E-state index contributed by atoms with van der Waals surface area (Å²) in [6, 6.07) is 0.351. The van der Waals surface area contributed by atoms with E-state index in [0.717, 1.165) is 65.3 Å². The predicted octanol–water partition coefficient (Wildman–Crippen LogP) is 0.436. The molecule has 3 fully saturated rings. The first-order valence-corrected chi connectivity index (χ1v) is 10.0. The summed E-state index contributed by atoms with van der Waals surface area (Å²) < 4.78 is 7.30. The Kier molecular flexibility index (Phi) is 5.57. The molecular weight excluding hydrogens is 330 g/mol. The fourth-order valence-electron chi connectivity index (χ4n) is 4.70. The van der Waals surface area contributed by atoms with Crippen molar-refractivity contribution in [1.29, 1.82) is 0 Å². The van der Waals surface area contributed by atoms with E-state index in [9.17, 15) is 4.79 Å². The van der Waals surface area contributed by atoms with Crippen molar-refractivity contribution in [3.05, 3.63) is 18.0 Å². The topological polar surface area (TPSA) is 62.6 Å². The first-order chi connectivity index (χ1) is 12.7. The van der Waals surface area contributed by atoms with Gasteiger partial charge < -0.3 is 15.0 Å². The van der Waals surface area contributed by atoms with Crippen LogP contribution in [0.3, 0.4) is 0 Å². The van der Waals surface area contributed by atoms with Crippen molar-refractivity contribution in [2.75, 3.05) is 52.5 Å². The summed E-state index contributed by atoms with van der Waals surface area (Å²) in [5.41, 5.74) is 1.18. The van der Waals surface area contributed by atoms with Crippen LogP contribution < -0.4 is 5.32 Å². The number of hydrogen-bond acceptors (Lipinski definition) is 5. The molecule has 0 bridgehead atoms. The molecule has 1 aromatic rings. The van der Waals surface area contributed by atoms with E-state index in [-0.39, 0.29) is 11.8 Å². The minimum atomic E-state index is 0.0319. The van der Waals surface area contributed by atoms with Gasteiger partial charge in [-0.25, -0.2) is 0 Å². The van der Waals surface area contributed by atoms with E-state index in [1.165, 1.54) is 12.0 Å². The highest BCUT2D eigenvalue weighted by Gasteiger charge is 2.39. The highest BCUT2D eigenvalue weighted by atomic mass is 16.5. The average Bonchev–Trinajstić information content (AvgIpc) is 3.31. The number of amides is 1. The third kappa shape index (κ3) is 3.80. The molecule has 3 aliphatic heterocycles. The second-order valence-corrected chi connectivity index (χ2v) is 7.91. The van der Waals surface area contributed by atoms with Gasteiger partial charge in [-0.2, -0.15) is 5.10 Å². The second-order valence-electron chi connectivity index (χ2n) is 7.91. The third-order valence-electron chi connectivity index (χ3n) is 6.17. The Morgan fingerprint density at radius 3 is 2.88 bits per heavy atom. The molecule has 144 valence electrons. The summed E-state index contributed by atoms with van der Waals surface area (Å²) in [6.07, 6.45) is 7.45. The van der Waals surface area contributed by atoms with E-state index in [1.54, 1.807) is 0 Å². The number of nitrogens with one attached hydrogen (secondary N) is 1. The number of ether oxygens (including phenoxy) is 1. The molecule has 0 saturated carbocycles. The zero-order chi connectivity index (χ0) is 17.9. The molecule has 3 saturated heterocycles. The molecule has 4 rings (SSSR count). The molecule has 3 atom stereocenters. The molecule has 0 radical (unpaired) electrons. The highest BCUT2D eigenvalue weighted by molar-refractivity contribution is 5.81. The predicted molar refractivity (Wildman–Crippen MR) is 98.9 cm³/mol. The van der Waals surface area contributed by atoms with Crippen molar-refractivity contribution >= 4 is 5.91 Å². The van der Waals surface area contributed by atoms with Crippen molar-refractivity contribution in [3.63, 3.8) is 0 Å². The standard InChI is InChI=1S/C19H31N5O2/c1-22-13-15(10-21-22)17-11-20-12-18(17)19(25)24-5-3-2-4-16(24)14-23-6-8-26-9-7-23/h10,13,16-18,20H,2-9,11-12,14H2,1H3/t16?,17-,18+/m1/s1. The van der Waals surface area contributed by atoms with Crippen LogP contribution in [0.4, 0.5) is 0 Å². The normalized spacial score (nSPS) is 30.7. The molecule has 1 unspecified atom stereocenters. The number of likely N-dealkylation sites (tertiary alicyclic amines) is 1. The van der Waals surface area contributed by atoms with Gasteiger partial charge in [-0.15, -0.1) is 0 Å². The summed E-state index contributed by atoms with van der Waals surface area (Å²) in [7, 11) is 1.94. The summed E-state index contributed by atoms with van der Waals surface area (Å²) in [5, 5.41) is 7.74. The molecule has 3 aliphatic rings. The number of aromatic nitrogens is 2. The fraction of sp³-hybridized carbons (Fsp3) is 0.789. The highest BCUT2D eigenvalue weighted by Crippen LogP contribution is 2.31. The molecular formula is C19H31N5O2. The Hall–Kier alpha value is -1.44. The molecule has 1 N–H and O–H groups in total. The first-order valence-electron chi connectivity index (χ1n) is 10.0. The summed E-state index contributed by atoms with van der Waals surface area (Å²) in [4.78, 5) is 18.1. The number of morpholine rings is 1. The van der Waals surface area contributed by atoms with Gasteiger partial charge in [0, 0.05) is 64.5 Å². The minimum absolute atomic E-state index is 0.0319. The maximum absolute atomic E-state index is 13.5. The van der Waals surface area contributed by atoms with Crippen LogP contribution in [0.2, 0.25) is 0 Å². The quantitative estimate of drug-likeness (QED) is 0.843. The van der Waals surface area contributed by atoms with Crippen LogP contribution in [0, 0.1) is 5.92 Å². The lowest BCUT2D eigenvalue weighted by atomic mass is 9.88. The molecule has 1 aromatic heterocycles. The number of piperidine rings is 1. The SMILES string of the molecule is Cn1cc([C@H]2CNC[C@@H]2C(=O)N2CCCCC2CN2CCOCC2)cn1. The first kappa shape index (κ1) is 17.9. The largest absolute Gasteiger partial charge is 0.379 e. The monoisotopic (exact) mass is 361 g/mol. The third-order valence-corrected chi connectivity index (χ3v) is 6.17. The molecule has 1 amide bonds. The molecule has 4 heterocycles. The summed E-state index contributed by atoms with van der Waals surface area (Å²) in [6.45, 7) is 7.15. The van der Waals surface area contributed by atoms with Gasteiger partial charge >= 0.3 is 0 Å². The Bertz CT molecular complexity index is 613. The van der Waals surface area contributed by atoms with E-state index >= 15 is 0 Å². The maximum Gasteiger partial charge on any atom is 0.227 e. The number of carbonyl (C=O) groups is 1. The zero-order valence-corrected chi connectivity index (χ0v) is 15.8. The van der Waals surface area contributed by atoms with Gasteiger partial charge in [0.15, 0.2) is 0 Å². The molecule has 0 aliphatic carbocycles. The van der Waals surface area contributed by atoms with Gasteiger partial charge in [-0.3, -0.25) is 14.4 Å². The van der Waals surface area contributed by atoms with E-state index in [1.807, 2.05) is 17.9 Å². The van der Waals surface area contributed by atoms with E-state index in [0.29, 0.717) is 11.9 Å². The second kappa shape index (κ2) is 8.06. The van der Waals surface area contributed by atoms with Crippen LogP contribution in [-0.4, -0.2) is 84.0 Å². The summed E-state index contributed by atoms with van der Waals surface area (Å²) in [5.74, 6) is 0.605. The Balaban J connectivity index is 1.45. The van der Waals surface area contributed by atoms with Crippen molar-refractivity contribution in [2.45, 2.75) is 31.2 Å². The van der Waals surface area contributed by atoms with Crippen LogP contribution in [0.1, 0.15) is 30.7 Å². The van der Waals surface area contributed by atoms with E-state index in [2.05, 4.69) is 26.4 Å². The van der Waals surface area contributed by atoms with Crippen LogP contribution in [-0.2, 0) is 16.6 Å². The molecule has 26 heavy (non-hydrogen) atoms. The Morgan fingerprint density at radius 2 is 2.12 bits per heavy atom. The smallest absolute Gasteiger partial charge is 0.227 e. The van der Waals surface area contributed by atoms with Gasteiger partial charge in [0.1, 0.15) is 0 Å². The summed E-state index contributed by atoms with van der Waals surface area (Å²) >= 11 is 0. The number of nitrogens with zero attached hydrogens (tertiary/aromatic N) is 4. The van der Waals surface area contributed by atoms with Gasteiger partial charge in [0.2, 0.25) is 5.91 Å². The van der Waals surface area contributed by atoms with E-state index in [4.69, 9.17) is 4.74 Å². The van der Waals surface area contributed by atoms with Gasteiger partial charge in [0.25, 0.3) is 0 Å². The Morgan fingerprint density at radius 1 is 1.27 bits per heavy atom. The lowest BCUT2D eigenvalue weighted by molar-refractivity contribution is -0.139. The minimum Gasteiger partial charge on any atom is -0.379 e. The molecule has 7 nitrogen and oxygen atoms in total. The lowest BCUT2D eigenvalue weighted by Gasteiger charge is -2.41. The van der Waals surface area contributed by atoms with Gasteiger partial charge in [-0.1, -0.05) is 0 Å². The van der Waals surface area contributed by atoms with Crippen molar-refractivity contribution in [3.8, 4) is 0 Å². The molecule has 0 spiro atoms. The van der Waals surface area contributed by atoms with Crippen LogP contribution in [0.15, 0.2) is 12.4 Å². The van der Waals surface area contributed by atoms with E-state index < -0.39 is 0 Å². The Labute approximate surface area is 155 Å². The molecule has 7 heteroatoms. The molecule has 0 aromatic carbocycles. The number of hydrogen-bond donors (Lipinski definition) is 1. The number of rotatable bonds is 4. The lowest BCUT2D eigenvalue weighted by Crippen LogP contribution is -2.53. The zero-order valence-electron chi connectivity index (χ0n) is 15.8. The van der Waals surface area contributed by atoms with Crippen molar-refractivity contribution in [1.82, 2.24) is 24.9 Å².